The van der Waals surface area contributed by atoms with E-state index in [1.807, 2.05) is 4.90 Å². The predicted molar refractivity (Wildman–Crippen MR) is 74.0 cm³/mol. The number of rotatable bonds is 4. The van der Waals surface area contributed by atoms with Gasteiger partial charge in [-0.1, -0.05) is 0 Å². The maximum absolute atomic E-state index is 12.3. The molecule has 2 fully saturated rings. The molecule has 110 valence electrons. The number of amides is 1. The van der Waals surface area contributed by atoms with Gasteiger partial charge in [-0.2, -0.15) is 0 Å². The van der Waals surface area contributed by atoms with Crippen molar-refractivity contribution < 1.29 is 9.90 Å². The molecule has 0 unspecified atom stereocenters. The third-order valence-corrected chi connectivity index (χ3v) is 3.93. The Morgan fingerprint density at radius 3 is 2.53 bits per heavy atom. The Hall–Kier alpha value is -0.690. The van der Waals surface area contributed by atoms with Crippen molar-refractivity contribution in [1.82, 2.24) is 20.0 Å². The average Bonchev–Trinajstić information content (AvgIpc) is 2.66. The Morgan fingerprint density at radius 1 is 1.00 bits per heavy atom. The van der Waals surface area contributed by atoms with Gasteiger partial charge >= 0.3 is 0 Å². The van der Waals surface area contributed by atoms with Crippen molar-refractivity contribution in [2.45, 2.75) is 6.42 Å². The summed E-state index contributed by atoms with van der Waals surface area (Å²) in [5.41, 5.74) is 0. The number of nitrogens with zero attached hydrogens (tertiary/aromatic N) is 3. The first-order valence-electron chi connectivity index (χ1n) is 7.33. The summed E-state index contributed by atoms with van der Waals surface area (Å²) >= 11 is 0. The summed E-state index contributed by atoms with van der Waals surface area (Å²) in [6.45, 7) is 8.90. The van der Waals surface area contributed by atoms with Gasteiger partial charge in [-0.05, 0) is 13.0 Å². The number of hydrogen-bond acceptors (Lipinski definition) is 5. The summed E-state index contributed by atoms with van der Waals surface area (Å²) in [7, 11) is 0. The lowest BCUT2D eigenvalue weighted by Gasteiger charge is -2.29. The maximum atomic E-state index is 12.3. The van der Waals surface area contributed by atoms with Crippen LogP contribution in [0.2, 0.25) is 0 Å². The average molecular weight is 270 g/mol. The molecule has 19 heavy (non-hydrogen) atoms. The second-order valence-corrected chi connectivity index (χ2v) is 5.33. The van der Waals surface area contributed by atoms with E-state index in [2.05, 4.69) is 15.1 Å². The lowest BCUT2D eigenvalue weighted by molar-refractivity contribution is -0.132. The SMILES string of the molecule is O=C(CN1CCNCC1)N1CCCN(CCO)CC1. The first-order valence-corrected chi connectivity index (χ1v) is 7.33. The summed E-state index contributed by atoms with van der Waals surface area (Å²) in [6.07, 6.45) is 1.01. The topological polar surface area (TPSA) is 59.1 Å². The largest absolute Gasteiger partial charge is 0.395 e. The van der Waals surface area contributed by atoms with Crippen LogP contribution in [0.4, 0.5) is 0 Å². The number of β-amino-alcohol motifs (C(OH)–C–C–N with tert-alkyl or cyclic N) is 1. The van der Waals surface area contributed by atoms with Gasteiger partial charge in [0.1, 0.15) is 0 Å². The summed E-state index contributed by atoms with van der Waals surface area (Å²) in [6, 6.07) is 0. The molecule has 6 nitrogen and oxygen atoms in total. The lowest BCUT2D eigenvalue weighted by atomic mass is 10.3. The van der Waals surface area contributed by atoms with Crippen LogP contribution < -0.4 is 5.32 Å². The van der Waals surface area contributed by atoms with E-state index in [1.165, 1.54) is 0 Å². The Balaban J connectivity index is 1.75. The van der Waals surface area contributed by atoms with Crippen molar-refractivity contribution in [1.29, 1.82) is 0 Å². The van der Waals surface area contributed by atoms with Crippen LogP contribution in [0.25, 0.3) is 0 Å². The van der Waals surface area contributed by atoms with Crippen molar-refractivity contribution in [3.63, 3.8) is 0 Å². The molecule has 2 aliphatic heterocycles. The zero-order valence-electron chi connectivity index (χ0n) is 11.7. The molecule has 2 saturated heterocycles. The van der Waals surface area contributed by atoms with E-state index in [9.17, 15) is 4.79 Å². The quantitative estimate of drug-likeness (QED) is 0.646. The predicted octanol–water partition coefficient (Wildman–Crippen LogP) is -1.58. The highest BCUT2D eigenvalue weighted by Gasteiger charge is 2.21. The molecule has 0 bridgehead atoms. The molecule has 0 spiro atoms. The van der Waals surface area contributed by atoms with Crippen LogP contribution in [0, 0.1) is 0 Å². The van der Waals surface area contributed by atoms with Crippen LogP contribution in [0.3, 0.4) is 0 Å². The normalized spacial score (nSPS) is 23.3. The zero-order chi connectivity index (χ0) is 13.5. The van der Waals surface area contributed by atoms with Gasteiger partial charge in [-0.25, -0.2) is 0 Å². The summed E-state index contributed by atoms with van der Waals surface area (Å²) < 4.78 is 0. The summed E-state index contributed by atoms with van der Waals surface area (Å²) in [4.78, 5) is 18.7. The molecule has 2 aliphatic rings. The summed E-state index contributed by atoms with van der Waals surface area (Å²) in [5.74, 6) is 0.257. The van der Waals surface area contributed by atoms with E-state index in [1.54, 1.807) is 0 Å². The van der Waals surface area contributed by atoms with Gasteiger partial charge in [0.25, 0.3) is 0 Å². The first kappa shape index (κ1) is 14.7. The minimum atomic E-state index is 0.203. The van der Waals surface area contributed by atoms with Crippen LogP contribution in [0.1, 0.15) is 6.42 Å². The van der Waals surface area contributed by atoms with E-state index in [4.69, 9.17) is 5.11 Å². The zero-order valence-corrected chi connectivity index (χ0v) is 11.7. The smallest absolute Gasteiger partial charge is 0.236 e. The Morgan fingerprint density at radius 2 is 1.79 bits per heavy atom. The molecule has 0 atom stereocenters. The highest BCUT2D eigenvalue weighted by molar-refractivity contribution is 5.78. The fourth-order valence-corrected chi connectivity index (χ4v) is 2.75. The minimum Gasteiger partial charge on any atom is -0.395 e. The monoisotopic (exact) mass is 270 g/mol. The van der Waals surface area contributed by atoms with Gasteiger partial charge in [-0.3, -0.25) is 14.6 Å². The molecule has 0 aromatic rings. The van der Waals surface area contributed by atoms with Gasteiger partial charge in [-0.15, -0.1) is 0 Å². The number of hydrogen-bond donors (Lipinski definition) is 2. The van der Waals surface area contributed by atoms with Gasteiger partial charge in [0, 0.05) is 52.4 Å². The van der Waals surface area contributed by atoms with Gasteiger partial charge < -0.3 is 15.3 Å². The third-order valence-electron chi connectivity index (χ3n) is 3.93. The Labute approximate surface area is 115 Å². The van der Waals surface area contributed by atoms with E-state index >= 15 is 0 Å². The van der Waals surface area contributed by atoms with Crippen molar-refractivity contribution in [2.75, 3.05) is 72.1 Å². The Bertz CT molecular complexity index is 282. The van der Waals surface area contributed by atoms with Gasteiger partial charge in [0.05, 0.1) is 13.2 Å². The third kappa shape index (κ3) is 4.72. The second kappa shape index (κ2) is 7.79. The minimum absolute atomic E-state index is 0.203. The standard InChI is InChI=1S/C13H26N4O2/c18-11-10-15-4-1-5-17(9-8-15)13(19)12-16-6-2-14-3-7-16/h14,18H,1-12H2. The second-order valence-electron chi connectivity index (χ2n) is 5.33. The van der Waals surface area contributed by atoms with Crippen LogP contribution in [-0.2, 0) is 4.79 Å². The first-order chi connectivity index (χ1) is 9.29. The molecule has 0 aliphatic carbocycles. The number of aliphatic hydroxyl groups excluding tert-OH is 1. The molecule has 6 heteroatoms. The van der Waals surface area contributed by atoms with Crippen molar-refractivity contribution >= 4 is 5.91 Å². The molecule has 0 aromatic carbocycles. The molecule has 0 aromatic heterocycles. The number of carbonyl (C=O) groups excluding carboxylic acids is 1. The van der Waals surface area contributed by atoms with Crippen LogP contribution >= 0.6 is 0 Å². The van der Waals surface area contributed by atoms with Crippen LogP contribution in [0.5, 0.6) is 0 Å². The number of nitrogens with one attached hydrogen (secondary N) is 1. The maximum Gasteiger partial charge on any atom is 0.236 e. The van der Waals surface area contributed by atoms with Crippen LogP contribution in [-0.4, -0.2) is 97.8 Å². The molecule has 0 saturated carbocycles. The summed E-state index contributed by atoms with van der Waals surface area (Å²) in [5, 5.41) is 12.3. The van der Waals surface area contributed by atoms with Crippen LogP contribution in [0.15, 0.2) is 0 Å². The van der Waals surface area contributed by atoms with Crippen molar-refractivity contribution in [3.8, 4) is 0 Å². The molecular formula is C13H26N4O2. The van der Waals surface area contributed by atoms with E-state index in [-0.39, 0.29) is 12.5 Å². The van der Waals surface area contributed by atoms with Crippen molar-refractivity contribution in [2.24, 2.45) is 0 Å². The molecule has 0 radical (unpaired) electrons. The highest BCUT2D eigenvalue weighted by atomic mass is 16.3. The lowest BCUT2D eigenvalue weighted by Crippen LogP contribution is -2.49. The van der Waals surface area contributed by atoms with Gasteiger partial charge in [0.2, 0.25) is 5.91 Å². The van der Waals surface area contributed by atoms with E-state index < -0.39 is 0 Å². The molecule has 1 amide bonds. The molecule has 2 N–H and O–H groups in total. The number of carbonyl (C=O) groups is 1. The fraction of sp³-hybridized carbons (Fsp3) is 0.923. The molecular weight excluding hydrogens is 244 g/mol. The molecule has 2 rings (SSSR count). The highest BCUT2D eigenvalue weighted by Crippen LogP contribution is 2.04. The Kier molecular flexibility index (Phi) is 6.03. The molecule has 2 heterocycles. The van der Waals surface area contributed by atoms with Gasteiger partial charge in [0.15, 0.2) is 0 Å². The van der Waals surface area contributed by atoms with E-state index in [0.717, 1.165) is 65.3 Å². The fourth-order valence-electron chi connectivity index (χ4n) is 2.75. The number of piperazine rings is 1. The van der Waals surface area contributed by atoms with E-state index in [0.29, 0.717) is 6.54 Å². The number of aliphatic hydroxyl groups is 1. The van der Waals surface area contributed by atoms with Crippen molar-refractivity contribution in [3.05, 3.63) is 0 Å².